The molecule has 3 aromatic rings. The van der Waals surface area contributed by atoms with Crippen molar-refractivity contribution in [2.75, 3.05) is 7.11 Å². The maximum Gasteiger partial charge on any atom is 0.268 e. The summed E-state index contributed by atoms with van der Waals surface area (Å²) in [4.78, 5) is 25.0. The predicted octanol–water partition coefficient (Wildman–Crippen LogP) is 1.98. The second-order valence-corrected chi connectivity index (χ2v) is 5.86. The highest BCUT2D eigenvalue weighted by Crippen LogP contribution is 2.25. The van der Waals surface area contributed by atoms with Crippen molar-refractivity contribution in [1.29, 1.82) is 0 Å². The summed E-state index contributed by atoms with van der Waals surface area (Å²) >= 11 is 0. The topological polar surface area (TPSA) is 99.2 Å². The average molecular weight is 354 g/mol. The Kier molecular flexibility index (Phi) is 4.57. The van der Waals surface area contributed by atoms with Crippen LogP contribution < -0.4 is 4.74 Å². The zero-order chi connectivity index (χ0) is 18.8. The first-order valence-electron chi connectivity index (χ1n) is 7.89. The summed E-state index contributed by atoms with van der Waals surface area (Å²) < 4.78 is 7.75. The minimum absolute atomic E-state index is 0.0133. The summed E-state index contributed by atoms with van der Waals surface area (Å²) in [5.74, 6) is -0.506. The van der Waals surface area contributed by atoms with Gasteiger partial charge in [-0.15, -0.1) is 0 Å². The fraction of sp³-hybridized carbons (Fsp3) is 0.222. The molecule has 0 radical (unpaired) electrons. The summed E-state index contributed by atoms with van der Waals surface area (Å²) in [5, 5.41) is 18.1. The number of rotatable bonds is 5. The predicted molar refractivity (Wildman–Crippen MR) is 92.6 cm³/mol. The van der Waals surface area contributed by atoms with Gasteiger partial charge < -0.3 is 9.84 Å². The zero-order valence-corrected chi connectivity index (χ0v) is 14.6. The Balaban J connectivity index is 1.82. The van der Waals surface area contributed by atoms with Gasteiger partial charge in [0, 0.05) is 11.9 Å². The second-order valence-electron chi connectivity index (χ2n) is 5.86. The van der Waals surface area contributed by atoms with Crippen LogP contribution in [0.25, 0.3) is 0 Å². The van der Waals surface area contributed by atoms with Gasteiger partial charge in [0.05, 0.1) is 30.1 Å². The Morgan fingerprint density at radius 2 is 2.00 bits per heavy atom. The number of hydrogen-bond donors (Lipinski definition) is 1. The number of aromatic hydroxyl groups is 1. The maximum absolute atomic E-state index is 12.6. The quantitative estimate of drug-likeness (QED) is 0.704. The van der Waals surface area contributed by atoms with Crippen LogP contribution in [0.1, 0.15) is 32.1 Å². The molecule has 0 aliphatic rings. The molecule has 0 saturated heterocycles. The molecule has 2 aromatic heterocycles. The van der Waals surface area contributed by atoms with E-state index in [4.69, 9.17) is 4.74 Å². The second kappa shape index (κ2) is 6.83. The Morgan fingerprint density at radius 3 is 2.65 bits per heavy atom. The molecule has 26 heavy (non-hydrogen) atoms. The average Bonchev–Trinajstić information content (AvgIpc) is 3.22. The Hall–Kier alpha value is -3.42. The van der Waals surface area contributed by atoms with Crippen molar-refractivity contribution < 1.29 is 19.4 Å². The first-order valence-corrected chi connectivity index (χ1v) is 7.89. The van der Waals surface area contributed by atoms with Crippen molar-refractivity contribution in [2.24, 2.45) is 0 Å². The van der Waals surface area contributed by atoms with Crippen LogP contribution in [0, 0.1) is 13.8 Å². The number of hydrogen-bond acceptors (Lipinski definition) is 6. The number of methoxy groups -OCH3 is 1. The zero-order valence-electron chi connectivity index (χ0n) is 14.6. The fourth-order valence-corrected chi connectivity index (χ4v) is 2.59. The van der Waals surface area contributed by atoms with Crippen LogP contribution in [0.3, 0.4) is 0 Å². The number of carbonyl (C=O) groups is 2. The van der Waals surface area contributed by atoms with Gasteiger partial charge in [-0.1, -0.05) is 0 Å². The largest absolute Gasteiger partial charge is 0.507 e. The standard InChI is InChI=1S/C18H18N4O4/c1-11-6-12(2)21(20-11)10-17(24)22-9-13(8-19-22)18(25)15-7-14(26-3)4-5-16(15)23/h4-9,23H,10H2,1-3H3. The van der Waals surface area contributed by atoms with E-state index < -0.39 is 5.78 Å². The van der Waals surface area contributed by atoms with Crippen LogP contribution in [-0.2, 0) is 6.54 Å². The van der Waals surface area contributed by atoms with Crippen molar-refractivity contribution in [2.45, 2.75) is 20.4 Å². The molecular weight excluding hydrogens is 336 g/mol. The molecule has 0 saturated carbocycles. The van der Waals surface area contributed by atoms with E-state index >= 15 is 0 Å². The van der Waals surface area contributed by atoms with Gasteiger partial charge in [-0.05, 0) is 38.1 Å². The minimum atomic E-state index is -0.452. The first-order chi connectivity index (χ1) is 12.4. The molecule has 8 heteroatoms. The van der Waals surface area contributed by atoms with E-state index in [1.807, 2.05) is 19.9 Å². The molecule has 0 aliphatic carbocycles. The van der Waals surface area contributed by atoms with Crippen molar-refractivity contribution >= 4 is 11.7 Å². The van der Waals surface area contributed by atoms with Crippen LogP contribution in [-0.4, -0.2) is 43.5 Å². The van der Waals surface area contributed by atoms with E-state index in [1.54, 1.807) is 10.7 Å². The summed E-state index contributed by atoms with van der Waals surface area (Å²) in [7, 11) is 1.47. The van der Waals surface area contributed by atoms with Gasteiger partial charge in [0.1, 0.15) is 18.0 Å². The molecule has 134 valence electrons. The van der Waals surface area contributed by atoms with Gasteiger partial charge in [0.15, 0.2) is 5.78 Å². The number of nitrogens with zero attached hydrogens (tertiary/aromatic N) is 4. The van der Waals surface area contributed by atoms with E-state index in [-0.39, 0.29) is 29.3 Å². The molecule has 0 unspecified atom stereocenters. The van der Waals surface area contributed by atoms with Crippen molar-refractivity contribution in [1.82, 2.24) is 19.6 Å². The lowest BCUT2D eigenvalue weighted by Crippen LogP contribution is -2.20. The third-order valence-electron chi connectivity index (χ3n) is 3.94. The van der Waals surface area contributed by atoms with E-state index in [0.717, 1.165) is 16.1 Å². The Morgan fingerprint density at radius 1 is 1.23 bits per heavy atom. The number of ketones is 1. The monoisotopic (exact) mass is 354 g/mol. The van der Waals surface area contributed by atoms with Crippen molar-refractivity contribution in [3.8, 4) is 11.5 Å². The molecule has 8 nitrogen and oxygen atoms in total. The van der Waals surface area contributed by atoms with Gasteiger partial charge in [-0.3, -0.25) is 14.3 Å². The number of phenolic OH excluding ortho intramolecular Hbond substituents is 1. The van der Waals surface area contributed by atoms with Gasteiger partial charge in [0.2, 0.25) is 0 Å². The third kappa shape index (κ3) is 3.34. The lowest BCUT2D eigenvalue weighted by atomic mass is 10.1. The summed E-state index contributed by atoms with van der Waals surface area (Å²) in [5.41, 5.74) is 1.95. The number of phenols is 1. The van der Waals surface area contributed by atoms with Crippen LogP contribution in [0.5, 0.6) is 11.5 Å². The van der Waals surface area contributed by atoms with Crippen LogP contribution >= 0.6 is 0 Å². The third-order valence-corrected chi connectivity index (χ3v) is 3.94. The van der Waals surface area contributed by atoms with Gasteiger partial charge in [-0.25, -0.2) is 4.68 Å². The summed E-state index contributed by atoms with van der Waals surface area (Å²) in [6.07, 6.45) is 2.63. The number of aryl methyl sites for hydroxylation is 2. The van der Waals surface area contributed by atoms with Gasteiger partial charge >= 0.3 is 0 Å². The number of ether oxygens (including phenoxy) is 1. The summed E-state index contributed by atoms with van der Waals surface area (Å²) in [6.45, 7) is 3.72. The highest BCUT2D eigenvalue weighted by molar-refractivity contribution is 6.10. The molecule has 0 aliphatic heterocycles. The van der Waals surface area contributed by atoms with Crippen molar-refractivity contribution in [3.63, 3.8) is 0 Å². The van der Waals surface area contributed by atoms with E-state index in [0.29, 0.717) is 5.75 Å². The Labute approximate surface area is 149 Å². The molecule has 0 fully saturated rings. The van der Waals surface area contributed by atoms with Gasteiger partial charge in [0.25, 0.3) is 5.91 Å². The molecule has 3 rings (SSSR count). The molecule has 1 aromatic carbocycles. The van der Waals surface area contributed by atoms with Crippen LogP contribution in [0.15, 0.2) is 36.7 Å². The van der Waals surface area contributed by atoms with Crippen LogP contribution in [0.2, 0.25) is 0 Å². The molecule has 2 heterocycles. The normalized spacial score (nSPS) is 10.7. The molecular formula is C18H18N4O4. The molecule has 0 bridgehead atoms. The highest BCUT2D eigenvalue weighted by Gasteiger charge is 2.18. The molecule has 1 N–H and O–H groups in total. The lowest BCUT2D eigenvalue weighted by Gasteiger charge is -2.05. The number of aromatic nitrogens is 4. The summed E-state index contributed by atoms with van der Waals surface area (Å²) in [6, 6.07) is 6.24. The molecule has 0 amide bonds. The van der Waals surface area contributed by atoms with Crippen molar-refractivity contribution in [3.05, 3.63) is 59.2 Å². The SMILES string of the molecule is COc1ccc(O)c(C(=O)c2cnn(C(=O)Cn3nc(C)cc3C)c2)c1. The highest BCUT2D eigenvalue weighted by atomic mass is 16.5. The van der Waals surface area contributed by atoms with Crippen LogP contribution in [0.4, 0.5) is 0 Å². The molecule has 0 spiro atoms. The molecule has 0 atom stereocenters. The number of benzene rings is 1. The maximum atomic E-state index is 12.6. The number of carbonyl (C=O) groups excluding carboxylic acids is 2. The van der Waals surface area contributed by atoms with E-state index in [9.17, 15) is 14.7 Å². The smallest absolute Gasteiger partial charge is 0.268 e. The first kappa shape index (κ1) is 17.4. The van der Waals surface area contributed by atoms with E-state index in [1.165, 1.54) is 31.6 Å². The fourth-order valence-electron chi connectivity index (χ4n) is 2.59. The minimum Gasteiger partial charge on any atom is -0.507 e. The Bertz CT molecular complexity index is 987. The van der Waals surface area contributed by atoms with Gasteiger partial charge in [-0.2, -0.15) is 10.2 Å². The lowest BCUT2D eigenvalue weighted by molar-refractivity contribution is 0.0869. The van der Waals surface area contributed by atoms with E-state index in [2.05, 4.69) is 10.2 Å².